The van der Waals surface area contributed by atoms with Crippen molar-refractivity contribution in [1.29, 1.82) is 0 Å². The largest absolute Gasteiger partial charge is 0.352 e. The molecule has 0 aliphatic carbocycles. The second-order valence-electron chi connectivity index (χ2n) is 7.28. The summed E-state index contributed by atoms with van der Waals surface area (Å²) in [4.78, 5) is 23.6. The van der Waals surface area contributed by atoms with Gasteiger partial charge < -0.3 is 5.32 Å². The number of rotatable bonds is 16. The van der Waals surface area contributed by atoms with E-state index in [0.717, 1.165) is 44.1 Å². The van der Waals surface area contributed by atoms with Crippen molar-refractivity contribution >= 4 is 11.7 Å². The predicted molar refractivity (Wildman–Crippen MR) is 118 cm³/mol. The summed E-state index contributed by atoms with van der Waals surface area (Å²) >= 11 is 0. The van der Waals surface area contributed by atoms with Gasteiger partial charge in [-0.05, 0) is 37.3 Å². The highest BCUT2D eigenvalue weighted by atomic mass is 16.1. The van der Waals surface area contributed by atoms with E-state index >= 15 is 0 Å². The van der Waals surface area contributed by atoms with Crippen LogP contribution in [-0.2, 0) is 16.1 Å². The molecule has 0 saturated carbocycles. The van der Waals surface area contributed by atoms with Crippen molar-refractivity contribution in [3.63, 3.8) is 0 Å². The molecule has 154 valence electrons. The van der Waals surface area contributed by atoms with Gasteiger partial charge in [-0.1, -0.05) is 87.6 Å². The number of ketones is 1. The molecule has 0 unspecified atom stereocenters. The molecule has 0 fully saturated rings. The molecule has 1 rings (SSSR count). The van der Waals surface area contributed by atoms with E-state index in [1.807, 2.05) is 42.5 Å². The zero-order valence-corrected chi connectivity index (χ0v) is 17.5. The topological polar surface area (TPSA) is 46.2 Å². The molecule has 0 aromatic heterocycles. The van der Waals surface area contributed by atoms with Gasteiger partial charge in [-0.25, -0.2) is 0 Å². The molecule has 1 amide bonds. The lowest BCUT2D eigenvalue weighted by molar-refractivity contribution is -0.121. The first-order chi connectivity index (χ1) is 13.7. The number of hydrogen-bond acceptors (Lipinski definition) is 2. The Labute approximate surface area is 171 Å². The molecule has 0 radical (unpaired) electrons. The van der Waals surface area contributed by atoms with Crippen LogP contribution in [0.25, 0.3) is 0 Å². The Balaban J connectivity index is 1.93. The monoisotopic (exact) mass is 383 g/mol. The normalized spacial score (nSPS) is 11.3. The van der Waals surface area contributed by atoms with Crippen LogP contribution in [0.1, 0.15) is 83.1 Å². The van der Waals surface area contributed by atoms with E-state index in [4.69, 9.17) is 0 Å². The lowest BCUT2D eigenvalue weighted by atomic mass is 10.1. The predicted octanol–water partition coefficient (Wildman–Crippen LogP) is 6.30. The molecule has 1 aromatic rings. The van der Waals surface area contributed by atoms with Crippen LogP contribution >= 0.6 is 0 Å². The van der Waals surface area contributed by atoms with Gasteiger partial charge in [0.15, 0.2) is 5.78 Å². The Morgan fingerprint density at radius 3 is 2.32 bits per heavy atom. The maximum absolute atomic E-state index is 11.8. The molecule has 28 heavy (non-hydrogen) atoms. The van der Waals surface area contributed by atoms with Gasteiger partial charge in [0.1, 0.15) is 0 Å². The van der Waals surface area contributed by atoms with Crippen LogP contribution in [-0.4, -0.2) is 11.7 Å². The Kier molecular flexibility index (Phi) is 14.5. The number of carbonyl (C=O) groups excluding carboxylic acids is 2. The van der Waals surface area contributed by atoms with Crippen molar-refractivity contribution in [2.75, 3.05) is 0 Å². The standard InChI is InChI=1S/C25H37NO2/c1-2-3-4-5-6-8-14-19-24(27)20-15-9-7-10-16-21-25(28)26-22-23-17-12-11-13-18-23/h6,8,11-14,17-19H,2-5,7,9-10,15-16,20-22H2,1H3,(H,26,28)/b8-6-,19-14-. The highest BCUT2D eigenvalue weighted by molar-refractivity contribution is 5.89. The van der Waals surface area contributed by atoms with Crippen molar-refractivity contribution in [1.82, 2.24) is 5.32 Å². The van der Waals surface area contributed by atoms with E-state index in [0.29, 0.717) is 19.4 Å². The second kappa shape index (κ2) is 17.0. The zero-order valence-electron chi connectivity index (χ0n) is 17.5. The summed E-state index contributed by atoms with van der Waals surface area (Å²) in [5.74, 6) is 0.324. The second-order valence-corrected chi connectivity index (χ2v) is 7.28. The molecule has 0 atom stereocenters. The quantitative estimate of drug-likeness (QED) is 0.207. The van der Waals surface area contributed by atoms with Crippen molar-refractivity contribution in [3.05, 3.63) is 60.2 Å². The summed E-state index contributed by atoms with van der Waals surface area (Å²) in [7, 11) is 0. The van der Waals surface area contributed by atoms with Gasteiger partial charge in [-0.15, -0.1) is 0 Å². The average Bonchev–Trinajstić information content (AvgIpc) is 2.71. The van der Waals surface area contributed by atoms with E-state index in [1.165, 1.54) is 19.3 Å². The maximum Gasteiger partial charge on any atom is 0.220 e. The minimum absolute atomic E-state index is 0.118. The van der Waals surface area contributed by atoms with E-state index in [1.54, 1.807) is 6.08 Å². The van der Waals surface area contributed by atoms with Crippen LogP contribution in [0.2, 0.25) is 0 Å². The fraction of sp³-hybridized carbons (Fsp3) is 0.520. The number of nitrogens with one attached hydrogen (secondary N) is 1. The molecule has 0 heterocycles. The van der Waals surface area contributed by atoms with Crippen LogP contribution in [0.5, 0.6) is 0 Å². The number of amides is 1. The molecule has 1 N–H and O–H groups in total. The highest BCUT2D eigenvalue weighted by Gasteiger charge is 2.01. The molecular formula is C25H37NO2. The Morgan fingerprint density at radius 2 is 1.57 bits per heavy atom. The molecule has 3 heteroatoms. The van der Waals surface area contributed by atoms with Gasteiger partial charge in [0.05, 0.1) is 0 Å². The number of allylic oxidation sites excluding steroid dienone is 4. The minimum atomic E-state index is 0.118. The van der Waals surface area contributed by atoms with Crippen molar-refractivity contribution < 1.29 is 9.59 Å². The Bertz CT molecular complexity index is 590. The molecule has 0 bridgehead atoms. The van der Waals surface area contributed by atoms with Crippen molar-refractivity contribution in [2.45, 2.75) is 84.1 Å². The Hall–Kier alpha value is -2.16. The molecule has 0 spiro atoms. The van der Waals surface area contributed by atoms with Gasteiger partial charge in [0, 0.05) is 19.4 Å². The summed E-state index contributed by atoms with van der Waals surface area (Å²) in [5, 5.41) is 2.96. The first kappa shape index (κ1) is 23.9. The SMILES string of the molecule is CCCCC/C=C\C=C/C(=O)CCCCCCCC(=O)NCc1ccccc1. The summed E-state index contributed by atoms with van der Waals surface area (Å²) in [6, 6.07) is 9.96. The molecule has 3 nitrogen and oxygen atoms in total. The van der Waals surface area contributed by atoms with E-state index in [-0.39, 0.29) is 11.7 Å². The van der Waals surface area contributed by atoms with E-state index in [9.17, 15) is 9.59 Å². The van der Waals surface area contributed by atoms with Crippen LogP contribution in [0.3, 0.4) is 0 Å². The molecule has 0 saturated heterocycles. The average molecular weight is 384 g/mol. The summed E-state index contributed by atoms with van der Waals surface area (Å²) < 4.78 is 0. The van der Waals surface area contributed by atoms with Gasteiger partial charge in [0.2, 0.25) is 5.91 Å². The van der Waals surface area contributed by atoms with Gasteiger partial charge in [-0.2, -0.15) is 0 Å². The third kappa shape index (κ3) is 14.0. The number of benzene rings is 1. The van der Waals surface area contributed by atoms with E-state index < -0.39 is 0 Å². The van der Waals surface area contributed by atoms with Crippen LogP contribution in [0.15, 0.2) is 54.6 Å². The van der Waals surface area contributed by atoms with Crippen LogP contribution in [0, 0.1) is 0 Å². The third-order valence-electron chi connectivity index (χ3n) is 4.66. The molecule has 1 aromatic carbocycles. The summed E-state index contributed by atoms with van der Waals surface area (Å²) in [5.41, 5.74) is 1.13. The fourth-order valence-corrected chi connectivity index (χ4v) is 2.93. The molecule has 0 aliphatic rings. The third-order valence-corrected chi connectivity index (χ3v) is 4.66. The molecule has 0 aliphatic heterocycles. The first-order valence-electron chi connectivity index (χ1n) is 10.9. The molecular weight excluding hydrogens is 346 g/mol. The summed E-state index contributed by atoms with van der Waals surface area (Å²) in [6.07, 6.45) is 18.7. The van der Waals surface area contributed by atoms with Crippen LogP contribution in [0.4, 0.5) is 0 Å². The first-order valence-corrected chi connectivity index (χ1v) is 10.9. The highest BCUT2D eigenvalue weighted by Crippen LogP contribution is 2.08. The smallest absolute Gasteiger partial charge is 0.220 e. The van der Waals surface area contributed by atoms with Gasteiger partial charge in [0.25, 0.3) is 0 Å². The van der Waals surface area contributed by atoms with Crippen molar-refractivity contribution in [2.24, 2.45) is 0 Å². The lowest BCUT2D eigenvalue weighted by Gasteiger charge is -2.05. The van der Waals surface area contributed by atoms with Gasteiger partial charge in [-0.3, -0.25) is 9.59 Å². The zero-order chi connectivity index (χ0) is 20.3. The van der Waals surface area contributed by atoms with Crippen molar-refractivity contribution in [3.8, 4) is 0 Å². The lowest BCUT2D eigenvalue weighted by Crippen LogP contribution is -2.22. The maximum atomic E-state index is 11.8. The minimum Gasteiger partial charge on any atom is -0.352 e. The van der Waals surface area contributed by atoms with Gasteiger partial charge >= 0.3 is 0 Å². The fourth-order valence-electron chi connectivity index (χ4n) is 2.93. The summed E-state index contributed by atoms with van der Waals surface area (Å²) in [6.45, 7) is 2.80. The van der Waals surface area contributed by atoms with Crippen LogP contribution < -0.4 is 5.32 Å². The van der Waals surface area contributed by atoms with E-state index in [2.05, 4.69) is 18.3 Å². The number of hydrogen-bond donors (Lipinski definition) is 1. The Morgan fingerprint density at radius 1 is 0.857 bits per heavy atom. The number of unbranched alkanes of at least 4 members (excludes halogenated alkanes) is 7. The number of carbonyl (C=O) groups is 2.